The molecule has 27 heavy (non-hydrogen) atoms. The minimum absolute atomic E-state index is 0.0884. The number of nitrogens with zero attached hydrogens (tertiary/aromatic N) is 3. The van der Waals surface area contributed by atoms with Gasteiger partial charge in [0.25, 0.3) is 0 Å². The average molecular weight is 395 g/mol. The van der Waals surface area contributed by atoms with Gasteiger partial charge in [0.1, 0.15) is 0 Å². The van der Waals surface area contributed by atoms with Crippen molar-refractivity contribution in [3.8, 4) is 0 Å². The van der Waals surface area contributed by atoms with Crippen LogP contribution in [0.4, 0.5) is 0 Å². The lowest BCUT2D eigenvalue weighted by Crippen LogP contribution is -2.54. The number of hydrogen-bond donors (Lipinski definition) is 1. The molecule has 2 aliphatic rings. The highest BCUT2D eigenvalue weighted by Gasteiger charge is 2.32. The molecule has 2 amide bonds. The van der Waals surface area contributed by atoms with E-state index in [0.29, 0.717) is 26.3 Å². The minimum Gasteiger partial charge on any atom is -0.378 e. The molecule has 8 heteroatoms. The van der Waals surface area contributed by atoms with E-state index in [0.717, 1.165) is 32.7 Å². The van der Waals surface area contributed by atoms with E-state index < -0.39 is 11.8 Å². The van der Waals surface area contributed by atoms with E-state index in [1.54, 1.807) is 16.2 Å². The number of likely N-dealkylation sites (N-methyl/N-ethyl adjacent to an activating group) is 1. The maximum absolute atomic E-state index is 12.5. The van der Waals surface area contributed by atoms with E-state index in [9.17, 15) is 9.59 Å². The number of morpholine rings is 1. The second kappa shape index (κ2) is 9.64. The normalized spacial score (nSPS) is 21.6. The summed E-state index contributed by atoms with van der Waals surface area (Å²) in [4.78, 5) is 32.7. The first kappa shape index (κ1) is 20.3. The molecule has 0 saturated carbocycles. The van der Waals surface area contributed by atoms with Gasteiger partial charge in [0.15, 0.2) is 0 Å². The lowest BCUT2D eigenvalue weighted by Gasteiger charge is -2.41. The average Bonchev–Trinajstić information content (AvgIpc) is 3.23. The zero-order chi connectivity index (χ0) is 19.2. The van der Waals surface area contributed by atoms with Crippen molar-refractivity contribution in [3.05, 3.63) is 22.4 Å². The topological polar surface area (TPSA) is 65.1 Å². The van der Waals surface area contributed by atoms with Crippen molar-refractivity contribution in [1.29, 1.82) is 0 Å². The zero-order valence-electron chi connectivity index (χ0n) is 16.2. The van der Waals surface area contributed by atoms with Crippen LogP contribution in [0.1, 0.15) is 24.8 Å². The monoisotopic (exact) mass is 394 g/mol. The molecule has 1 aromatic rings. The molecule has 1 aromatic heterocycles. The number of rotatable bonds is 5. The Morgan fingerprint density at radius 3 is 2.48 bits per heavy atom. The van der Waals surface area contributed by atoms with Gasteiger partial charge in [0.05, 0.1) is 19.3 Å². The van der Waals surface area contributed by atoms with Crippen LogP contribution in [-0.2, 0) is 14.3 Å². The van der Waals surface area contributed by atoms with E-state index >= 15 is 0 Å². The lowest BCUT2D eigenvalue weighted by atomic mass is 10.0. The van der Waals surface area contributed by atoms with Gasteiger partial charge >= 0.3 is 11.8 Å². The van der Waals surface area contributed by atoms with Crippen molar-refractivity contribution in [1.82, 2.24) is 20.0 Å². The maximum Gasteiger partial charge on any atom is 0.312 e. The van der Waals surface area contributed by atoms with Crippen LogP contribution in [0.25, 0.3) is 0 Å². The number of ether oxygens (including phenoxy) is 1. The Morgan fingerprint density at radius 1 is 1.19 bits per heavy atom. The van der Waals surface area contributed by atoms with Gasteiger partial charge in [-0.15, -0.1) is 11.3 Å². The summed E-state index contributed by atoms with van der Waals surface area (Å²) >= 11 is 1.70. The van der Waals surface area contributed by atoms with Crippen molar-refractivity contribution >= 4 is 23.2 Å². The molecule has 0 radical (unpaired) electrons. The maximum atomic E-state index is 12.5. The molecule has 1 N–H and O–H groups in total. The van der Waals surface area contributed by atoms with Crippen LogP contribution >= 0.6 is 11.3 Å². The number of piperazine rings is 1. The molecule has 2 atom stereocenters. The first-order valence-corrected chi connectivity index (χ1v) is 10.7. The Balaban J connectivity index is 1.65. The van der Waals surface area contributed by atoms with Crippen molar-refractivity contribution < 1.29 is 14.3 Å². The summed E-state index contributed by atoms with van der Waals surface area (Å²) in [7, 11) is 0. The van der Waals surface area contributed by atoms with Crippen molar-refractivity contribution in [3.63, 3.8) is 0 Å². The van der Waals surface area contributed by atoms with Crippen LogP contribution in [0.5, 0.6) is 0 Å². The summed E-state index contributed by atoms with van der Waals surface area (Å²) in [5, 5.41) is 5.04. The summed E-state index contributed by atoms with van der Waals surface area (Å²) < 4.78 is 5.26. The van der Waals surface area contributed by atoms with Gasteiger partial charge in [-0.2, -0.15) is 0 Å². The van der Waals surface area contributed by atoms with Crippen LogP contribution in [-0.4, -0.2) is 91.6 Å². The third-order valence-electron chi connectivity index (χ3n) is 5.41. The highest BCUT2D eigenvalue weighted by Crippen LogP contribution is 2.29. The van der Waals surface area contributed by atoms with E-state index in [1.165, 1.54) is 4.88 Å². The number of thiophene rings is 1. The molecule has 0 aromatic carbocycles. The fourth-order valence-electron chi connectivity index (χ4n) is 3.82. The van der Waals surface area contributed by atoms with E-state index in [2.05, 4.69) is 33.5 Å². The summed E-state index contributed by atoms with van der Waals surface area (Å²) in [5.41, 5.74) is 0. The first-order valence-electron chi connectivity index (χ1n) is 9.77. The van der Waals surface area contributed by atoms with E-state index in [-0.39, 0.29) is 12.1 Å². The fourth-order valence-corrected chi connectivity index (χ4v) is 4.78. The number of amides is 2. The predicted molar refractivity (Wildman–Crippen MR) is 106 cm³/mol. The summed E-state index contributed by atoms with van der Waals surface area (Å²) in [6, 6.07) is 4.11. The Labute approximate surface area is 165 Å². The Kier molecular flexibility index (Phi) is 7.23. The quantitative estimate of drug-likeness (QED) is 0.748. The van der Waals surface area contributed by atoms with Crippen LogP contribution in [0.2, 0.25) is 0 Å². The van der Waals surface area contributed by atoms with Gasteiger partial charge in [0.2, 0.25) is 0 Å². The van der Waals surface area contributed by atoms with Crippen LogP contribution in [0.3, 0.4) is 0 Å². The van der Waals surface area contributed by atoms with E-state index in [1.807, 2.05) is 13.0 Å². The van der Waals surface area contributed by atoms with Gasteiger partial charge in [0, 0.05) is 50.2 Å². The summed E-state index contributed by atoms with van der Waals surface area (Å²) in [5.74, 6) is -0.968. The molecular formula is C19H30N4O3S. The number of nitrogens with one attached hydrogen (secondary N) is 1. The first-order chi connectivity index (χ1) is 13.1. The lowest BCUT2D eigenvalue weighted by molar-refractivity contribution is -0.149. The van der Waals surface area contributed by atoms with Crippen LogP contribution < -0.4 is 5.32 Å². The third kappa shape index (κ3) is 5.07. The van der Waals surface area contributed by atoms with Crippen molar-refractivity contribution in [2.45, 2.75) is 25.9 Å². The van der Waals surface area contributed by atoms with Crippen LogP contribution in [0.15, 0.2) is 17.5 Å². The largest absolute Gasteiger partial charge is 0.378 e. The SMILES string of the molecule is CCN1CCN([C@@H](c2cccs2)[C@@H](C)NC(=O)C(=O)N2CCOCC2)CC1. The molecule has 0 unspecified atom stereocenters. The standard InChI is InChI=1S/C19H30N4O3S/c1-3-21-6-8-22(9-7-21)17(16-5-4-14-27-16)15(2)20-18(24)19(25)23-10-12-26-13-11-23/h4-5,14-15,17H,3,6-13H2,1-2H3,(H,20,24)/t15-,17-/m1/s1. The second-order valence-corrected chi connectivity index (χ2v) is 8.08. The van der Waals surface area contributed by atoms with Crippen molar-refractivity contribution in [2.75, 3.05) is 59.0 Å². The van der Waals surface area contributed by atoms with Gasteiger partial charge in [-0.05, 0) is 24.9 Å². The Bertz CT molecular complexity index is 610. The number of carbonyl (C=O) groups is 2. The van der Waals surface area contributed by atoms with E-state index in [4.69, 9.17) is 4.74 Å². The molecule has 3 rings (SSSR count). The summed E-state index contributed by atoms with van der Waals surface area (Å²) in [6.07, 6.45) is 0. The zero-order valence-corrected chi connectivity index (χ0v) is 17.0. The van der Waals surface area contributed by atoms with Crippen LogP contribution in [0, 0.1) is 0 Å². The number of hydrogen-bond acceptors (Lipinski definition) is 6. The molecule has 7 nitrogen and oxygen atoms in total. The molecule has 2 aliphatic heterocycles. The van der Waals surface area contributed by atoms with Gasteiger partial charge in [-0.1, -0.05) is 13.0 Å². The number of carbonyl (C=O) groups excluding carboxylic acids is 2. The molecule has 0 aliphatic carbocycles. The van der Waals surface area contributed by atoms with Gasteiger partial charge < -0.3 is 19.9 Å². The highest BCUT2D eigenvalue weighted by atomic mass is 32.1. The van der Waals surface area contributed by atoms with Gasteiger partial charge in [-0.3, -0.25) is 14.5 Å². The molecule has 2 fully saturated rings. The molecule has 150 valence electrons. The Morgan fingerprint density at radius 2 is 1.89 bits per heavy atom. The highest BCUT2D eigenvalue weighted by molar-refractivity contribution is 7.10. The second-order valence-electron chi connectivity index (χ2n) is 7.10. The fraction of sp³-hybridized carbons (Fsp3) is 0.684. The third-order valence-corrected chi connectivity index (χ3v) is 6.35. The smallest absolute Gasteiger partial charge is 0.312 e. The molecule has 3 heterocycles. The summed E-state index contributed by atoms with van der Waals surface area (Å²) in [6.45, 7) is 11.2. The molecule has 0 bridgehead atoms. The minimum atomic E-state index is -0.516. The molecular weight excluding hydrogens is 364 g/mol. The predicted octanol–water partition coefficient (Wildman–Crippen LogP) is 0.790. The Hall–Kier alpha value is -1.48. The van der Waals surface area contributed by atoms with Gasteiger partial charge in [-0.25, -0.2) is 0 Å². The molecule has 2 saturated heterocycles. The van der Waals surface area contributed by atoms with Crippen molar-refractivity contribution in [2.24, 2.45) is 0 Å². The molecule has 0 spiro atoms.